The van der Waals surface area contributed by atoms with Crippen LogP contribution in [0.5, 0.6) is 0 Å². The number of carbonyl (C=O) groups is 17. The molecule has 5 aromatic heterocycles. The van der Waals surface area contributed by atoms with Crippen LogP contribution in [0.25, 0.3) is 0 Å². The molecule has 0 spiro atoms. The number of carboxylic acid groups (broad SMARTS) is 1. The minimum Gasteiger partial charge on any atom is -0.480 e. The van der Waals surface area contributed by atoms with Crippen molar-refractivity contribution in [3.05, 3.63) is 91.1 Å². The second kappa shape index (κ2) is 67.8. The molecule has 62 nitrogen and oxygen atoms in total. The Bertz CT molecular complexity index is 5110. The molecule has 49 N–H and O–H groups in total. The van der Waals surface area contributed by atoms with Crippen molar-refractivity contribution in [2.45, 2.75) is 258 Å². The maximum Gasteiger partial charge on any atom is 0.326 e. The van der Waals surface area contributed by atoms with Gasteiger partial charge in [-0.2, -0.15) is 0 Å². The molecule has 0 bridgehead atoms. The molecule has 16 amide bonds. The maximum atomic E-state index is 15.3. The fourth-order valence-electron chi connectivity index (χ4n) is 14.9. The van der Waals surface area contributed by atoms with Gasteiger partial charge in [0.15, 0.2) is 29.8 Å². The molecular weight excluding hydrogens is 1950 g/mol. The van der Waals surface area contributed by atoms with Crippen LogP contribution in [0.3, 0.4) is 0 Å². The number of carbonyl (C=O) groups excluding carboxylic acids is 16. The molecule has 0 aliphatic rings. The fraction of sp³-hybridized carbons (Fsp3) is 0.575. The number of rotatable bonds is 75. The van der Waals surface area contributed by atoms with Crippen LogP contribution in [0.4, 0.5) is 0 Å². The maximum absolute atomic E-state index is 15.3. The number of nitrogens with two attached hydrogens (primary N) is 9. The van der Waals surface area contributed by atoms with Gasteiger partial charge >= 0.3 is 5.97 Å². The summed E-state index contributed by atoms with van der Waals surface area (Å²) in [5.74, 6) is -19.3. The van der Waals surface area contributed by atoms with Crippen LogP contribution in [0, 0.1) is 27.0 Å². The summed E-state index contributed by atoms with van der Waals surface area (Å²) >= 11 is 0. The largest absolute Gasteiger partial charge is 0.480 e. The van der Waals surface area contributed by atoms with E-state index >= 15 is 38.4 Å². The quantitative estimate of drug-likeness (QED) is 0.00976. The van der Waals surface area contributed by atoms with Crippen LogP contribution in [0.15, 0.2) is 62.6 Å². The van der Waals surface area contributed by atoms with Gasteiger partial charge in [-0.05, 0) is 148 Å². The van der Waals surface area contributed by atoms with Gasteiger partial charge in [0.05, 0.1) is 66.7 Å². The number of hydrogen-bond donors (Lipinski definition) is 40. The number of guanidine groups is 5. The lowest BCUT2D eigenvalue weighted by atomic mass is 10.0. The van der Waals surface area contributed by atoms with E-state index in [4.69, 9.17) is 78.6 Å². The van der Waals surface area contributed by atoms with Crippen LogP contribution < -0.4 is 158 Å². The molecule has 5 aromatic rings. The molecule has 0 saturated carbocycles. The van der Waals surface area contributed by atoms with E-state index in [9.17, 15) is 48.3 Å². The fourth-order valence-corrected chi connectivity index (χ4v) is 14.9. The lowest BCUT2D eigenvalue weighted by Crippen LogP contribution is -2.61. The van der Waals surface area contributed by atoms with Gasteiger partial charge in [0.2, 0.25) is 94.5 Å². The standard InChI is InChI=1S/C87H146N44O18/c1-47(132)112-41-68(134)118-53(16-8-26-107-83(92)93)69(135)119-54(13-2-5-23-88)70(136)120-55(14-3-6-24-89)71(137)121-56(17-9-27-108-84(94)95)72(138)122-58(19-11-29-110-86(98)99)74(140)125-60(21-22-67(91)133)76(142)124-57(18-10-28-109-85(96)97)73(139)123-59(20-12-30-111-87(100)101)75(141)127-63(32-49-37-103-43-114-49)78(144)129-65(34-51-39-105-45-116-51)80(146)131-66(35-52-40-106-46-117-52)81(147)130-64(33-50-38-104-44-115-50)79(145)128-62(31-48-36-102-42-113-48)77(143)126-61(82(148)149)15-4-7-25-90/h36-40,42-46,53-66H,2-35,41,88-90H2,1H3,(H2,91,133)(H,102,113)(H,103,114)(H,104,115)(H,105,116)(H,106,117)(H,112,132)(H,118,134)(H,119,135)(H,120,136)(H,121,137)(H,122,138)(H,123,139)(H,124,142)(H,125,140)(H,126,143)(H,127,141)(H,128,145)(H,129,144)(H,130,147)(H,131,146)(H,148,149)(H4,92,93,107)(H4,94,95,108)(H4,96,97,109)(H4,98,99,110)(H4,100,101,111)/t53-,54-,55-,56-,57-,58-,59-,60-,61-,62-,63-,64-,65-,66-/m0/s1. The lowest BCUT2D eigenvalue weighted by Gasteiger charge is -2.29. The molecule has 822 valence electrons. The number of amides is 16. The highest BCUT2D eigenvalue weighted by Gasteiger charge is 2.40. The number of primary amides is 1. The summed E-state index contributed by atoms with van der Waals surface area (Å²) in [5.41, 5.74) is 52.0. The second-order valence-corrected chi connectivity index (χ2v) is 34.8. The first-order chi connectivity index (χ1) is 71.1. The van der Waals surface area contributed by atoms with Gasteiger partial charge in [-0.3, -0.25) is 104 Å². The summed E-state index contributed by atoms with van der Waals surface area (Å²) < 4.78 is 0. The van der Waals surface area contributed by atoms with E-state index < -0.39 is 248 Å². The normalized spacial score (nSPS) is 13.8. The third-order valence-corrected chi connectivity index (χ3v) is 22.6. The predicted octanol–water partition coefficient (Wildman–Crippen LogP) is -12.2. The lowest BCUT2D eigenvalue weighted by molar-refractivity contribution is -0.142. The van der Waals surface area contributed by atoms with E-state index in [2.05, 4.69) is 156 Å². The first-order valence-electron chi connectivity index (χ1n) is 48.5. The predicted molar refractivity (Wildman–Crippen MR) is 538 cm³/mol. The summed E-state index contributed by atoms with van der Waals surface area (Å²) in [6, 6.07) is -22.5. The molecule has 0 fully saturated rings. The molecule has 14 atom stereocenters. The monoisotopic (exact) mass is 2100 g/mol. The number of aromatic amines is 5. The number of H-pyrrole nitrogens is 5. The van der Waals surface area contributed by atoms with Crippen LogP contribution in [0.1, 0.15) is 170 Å². The Labute approximate surface area is 856 Å². The number of nitrogens with one attached hydrogen (secondary N) is 30. The summed E-state index contributed by atoms with van der Waals surface area (Å²) in [6.45, 7) is 0.931. The average molecular weight is 2100 g/mol. The van der Waals surface area contributed by atoms with E-state index in [0.717, 1.165) is 0 Å². The van der Waals surface area contributed by atoms with Gasteiger partial charge in [-0.25, -0.2) is 29.7 Å². The Morgan fingerprint density at radius 1 is 0.268 bits per heavy atom. The molecule has 0 aliphatic carbocycles. The highest BCUT2D eigenvalue weighted by atomic mass is 16.4. The number of nitrogens with zero attached hydrogens (tertiary/aromatic N) is 5. The Balaban J connectivity index is 1.51. The van der Waals surface area contributed by atoms with Crippen molar-refractivity contribution >= 4 is 130 Å². The number of hydrogen-bond acceptors (Lipinski definition) is 30. The Kier molecular flexibility index (Phi) is 55.8. The van der Waals surface area contributed by atoms with Crippen molar-refractivity contribution in [2.24, 2.45) is 51.6 Å². The smallest absolute Gasteiger partial charge is 0.326 e. The zero-order valence-corrected chi connectivity index (χ0v) is 82.9. The summed E-state index contributed by atoms with van der Waals surface area (Å²) in [5, 5.41) is 101. The zero-order chi connectivity index (χ0) is 110. The molecular formula is C87H146N44O18. The van der Waals surface area contributed by atoms with Crippen molar-refractivity contribution in [3.8, 4) is 0 Å². The van der Waals surface area contributed by atoms with Gasteiger partial charge in [-0.15, -0.1) is 0 Å². The highest BCUT2D eigenvalue weighted by Crippen LogP contribution is 2.16. The van der Waals surface area contributed by atoms with Crippen LogP contribution in [-0.2, 0) is 114 Å². The molecule has 0 aliphatic heterocycles. The Hall–Kier alpha value is -16.7. The van der Waals surface area contributed by atoms with Crippen molar-refractivity contribution in [3.63, 3.8) is 0 Å². The number of aromatic nitrogens is 10. The third kappa shape index (κ3) is 49.6. The van der Waals surface area contributed by atoms with E-state index in [1.165, 1.54) is 69.5 Å². The number of imidazole rings is 5. The van der Waals surface area contributed by atoms with E-state index in [1.807, 2.05) is 0 Å². The van der Waals surface area contributed by atoms with Gasteiger partial charge in [0.25, 0.3) is 0 Å². The third-order valence-electron chi connectivity index (χ3n) is 22.6. The van der Waals surface area contributed by atoms with Gasteiger partial charge in [0.1, 0.15) is 84.6 Å². The van der Waals surface area contributed by atoms with Crippen LogP contribution >= 0.6 is 0 Å². The van der Waals surface area contributed by atoms with E-state index in [-0.39, 0.29) is 196 Å². The molecule has 0 radical (unpaired) electrons. The van der Waals surface area contributed by atoms with E-state index in [0.29, 0.717) is 25.7 Å². The molecule has 0 aromatic carbocycles. The number of aliphatic carboxylic acids is 1. The van der Waals surface area contributed by atoms with Crippen LogP contribution in [-0.4, -0.2) is 329 Å². The molecule has 5 heterocycles. The van der Waals surface area contributed by atoms with Crippen LogP contribution in [0.2, 0.25) is 0 Å². The van der Waals surface area contributed by atoms with Crippen molar-refractivity contribution in [1.82, 2.24) is 156 Å². The summed E-state index contributed by atoms with van der Waals surface area (Å²) in [7, 11) is 0. The minimum absolute atomic E-state index is 0.00922. The number of unbranched alkanes of at least 4 members (excludes halogenated alkanes) is 3. The SMILES string of the molecule is CC(=O)NCC(=O)N[C@@H](CCCNC(=N)N)C(=O)N[C@@H](CCCCN)C(=O)N[C@@H](CCCCN)C(=O)N[C@@H](CCCNC(=N)N)C(=O)N[C@@H](CCCNC(=N)N)C(=O)N[C@@H](CCC(N)=O)C(=O)N[C@@H](CCCNC(=N)N)C(=O)N[C@@H](CCCNC(=N)N)C(=O)N[C@@H](Cc1c[nH]cn1)C(=O)N[C@@H](Cc1c[nH]cn1)C(=O)N[C@@H](Cc1c[nH]cn1)C(=O)N[C@@H](Cc1c[nH]cn1)C(=O)N[C@@H](Cc1c[nH]cn1)C(=O)N[C@@H](CCCCN)C(=O)O. The minimum atomic E-state index is -1.85. The highest BCUT2D eigenvalue weighted by molar-refractivity contribution is 6.01. The van der Waals surface area contributed by atoms with Crippen molar-refractivity contribution in [2.75, 3.05) is 58.9 Å². The molecule has 149 heavy (non-hydrogen) atoms. The van der Waals surface area contributed by atoms with Gasteiger partial charge < -0.3 is 188 Å². The summed E-state index contributed by atoms with van der Waals surface area (Å²) in [6.07, 6.45) is 10.7. The molecule has 0 saturated heterocycles. The average Bonchev–Trinajstić information content (AvgIpc) is 1.81. The molecule has 62 heteroatoms. The Morgan fingerprint density at radius 3 is 0.644 bits per heavy atom. The zero-order valence-electron chi connectivity index (χ0n) is 82.9. The topological polar surface area (TPSA) is 1050 Å². The van der Waals surface area contributed by atoms with Crippen molar-refractivity contribution in [1.29, 1.82) is 27.0 Å². The van der Waals surface area contributed by atoms with Gasteiger partial charge in [-0.1, -0.05) is 0 Å². The Morgan fingerprint density at radius 2 is 0.456 bits per heavy atom. The van der Waals surface area contributed by atoms with Gasteiger partial charge in [0, 0.05) is 109 Å². The second-order valence-electron chi connectivity index (χ2n) is 34.8. The first kappa shape index (κ1) is 123. The first-order valence-corrected chi connectivity index (χ1v) is 48.5. The summed E-state index contributed by atoms with van der Waals surface area (Å²) in [4.78, 5) is 279. The van der Waals surface area contributed by atoms with E-state index in [1.54, 1.807) is 0 Å². The van der Waals surface area contributed by atoms with Crippen molar-refractivity contribution < 1.29 is 86.6 Å². The number of carboxylic acids is 1. The molecule has 5 rings (SSSR count). The molecule has 0 unspecified atom stereocenters.